The molecule has 0 saturated carbocycles. The van der Waals surface area contributed by atoms with Crippen molar-refractivity contribution in [3.63, 3.8) is 0 Å². The third kappa shape index (κ3) is 5.76. The third-order valence-electron chi connectivity index (χ3n) is 5.05. The predicted molar refractivity (Wildman–Crippen MR) is 124 cm³/mol. The summed E-state index contributed by atoms with van der Waals surface area (Å²) < 4.78 is 29.6. The SMILES string of the molecule is CCCS(=O)(=O)c1ccc(-c2cc(C(=O)NCC(c3ccc(Cl)cc3)N(C)C)no2)cc1. The monoisotopic (exact) mass is 475 g/mol. The zero-order valence-corrected chi connectivity index (χ0v) is 19.8. The molecule has 3 rings (SSSR count). The van der Waals surface area contributed by atoms with Crippen molar-refractivity contribution in [2.45, 2.75) is 24.3 Å². The molecule has 0 spiro atoms. The number of nitrogens with one attached hydrogen (secondary N) is 1. The fraction of sp³-hybridized carbons (Fsp3) is 0.304. The van der Waals surface area contributed by atoms with Crippen molar-refractivity contribution in [3.05, 3.63) is 70.9 Å². The first-order chi connectivity index (χ1) is 15.2. The largest absolute Gasteiger partial charge is 0.355 e. The van der Waals surface area contributed by atoms with E-state index in [0.29, 0.717) is 29.3 Å². The maximum absolute atomic E-state index is 12.6. The second-order valence-electron chi connectivity index (χ2n) is 7.66. The fourth-order valence-corrected chi connectivity index (χ4v) is 4.74. The molecule has 0 fully saturated rings. The Labute approximate surface area is 193 Å². The number of nitrogens with zero attached hydrogens (tertiary/aromatic N) is 2. The van der Waals surface area contributed by atoms with Gasteiger partial charge in [0.15, 0.2) is 21.3 Å². The highest BCUT2D eigenvalue weighted by molar-refractivity contribution is 7.91. The lowest BCUT2D eigenvalue weighted by atomic mass is 10.1. The lowest BCUT2D eigenvalue weighted by Gasteiger charge is -2.25. The predicted octanol–water partition coefficient (Wildman–Crippen LogP) is 4.21. The Bertz CT molecular complexity index is 1160. The number of aromatic nitrogens is 1. The van der Waals surface area contributed by atoms with E-state index >= 15 is 0 Å². The van der Waals surface area contributed by atoms with E-state index in [0.717, 1.165) is 5.56 Å². The third-order valence-corrected chi connectivity index (χ3v) is 7.24. The highest BCUT2D eigenvalue weighted by Crippen LogP contribution is 2.24. The van der Waals surface area contributed by atoms with E-state index in [9.17, 15) is 13.2 Å². The van der Waals surface area contributed by atoms with E-state index in [1.807, 2.05) is 50.2 Å². The van der Waals surface area contributed by atoms with Gasteiger partial charge in [0.05, 0.1) is 16.7 Å². The molecule has 3 aromatic rings. The number of hydrogen-bond acceptors (Lipinski definition) is 6. The minimum Gasteiger partial charge on any atom is -0.355 e. The summed E-state index contributed by atoms with van der Waals surface area (Å²) in [7, 11) is 0.582. The Morgan fingerprint density at radius 1 is 1.12 bits per heavy atom. The summed E-state index contributed by atoms with van der Waals surface area (Å²) in [4.78, 5) is 14.9. The molecule has 0 bridgehead atoms. The zero-order valence-electron chi connectivity index (χ0n) is 18.2. The van der Waals surface area contributed by atoms with Crippen LogP contribution >= 0.6 is 11.6 Å². The van der Waals surface area contributed by atoms with Crippen LogP contribution in [0.5, 0.6) is 0 Å². The first-order valence-corrected chi connectivity index (χ1v) is 12.2. The fourth-order valence-electron chi connectivity index (χ4n) is 3.29. The van der Waals surface area contributed by atoms with Crippen molar-refractivity contribution >= 4 is 27.3 Å². The number of likely N-dealkylation sites (N-methyl/N-ethyl adjacent to an activating group) is 1. The topological polar surface area (TPSA) is 92.5 Å². The second kappa shape index (κ2) is 10.3. The number of sulfone groups is 1. The van der Waals surface area contributed by atoms with E-state index in [-0.39, 0.29) is 28.3 Å². The molecule has 170 valence electrons. The van der Waals surface area contributed by atoms with Crippen LogP contribution in [-0.2, 0) is 9.84 Å². The van der Waals surface area contributed by atoms with E-state index in [1.165, 1.54) is 18.2 Å². The Kier molecular flexibility index (Phi) is 7.71. The molecule has 9 heteroatoms. The molecule has 0 aliphatic carbocycles. The van der Waals surface area contributed by atoms with Gasteiger partial charge in [-0.05, 0) is 62.5 Å². The van der Waals surface area contributed by atoms with Gasteiger partial charge in [0.1, 0.15) is 0 Å². The Balaban J connectivity index is 1.68. The molecule has 2 aromatic carbocycles. The van der Waals surface area contributed by atoms with Crippen molar-refractivity contribution in [1.29, 1.82) is 0 Å². The van der Waals surface area contributed by atoms with Crippen molar-refractivity contribution < 1.29 is 17.7 Å². The van der Waals surface area contributed by atoms with Gasteiger partial charge in [-0.25, -0.2) is 8.42 Å². The summed E-state index contributed by atoms with van der Waals surface area (Å²) in [5.41, 5.74) is 1.81. The summed E-state index contributed by atoms with van der Waals surface area (Å²) in [6, 6.07) is 15.4. The lowest BCUT2D eigenvalue weighted by Crippen LogP contribution is -2.34. The van der Waals surface area contributed by atoms with E-state index in [1.54, 1.807) is 12.1 Å². The number of hydrogen-bond donors (Lipinski definition) is 1. The number of halogens is 1. The number of amides is 1. The zero-order chi connectivity index (χ0) is 23.3. The molecule has 32 heavy (non-hydrogen) atoms. The molecule has 1 unspecified atom stereocenters. The van der Waals surface area contributed by atoms with Gasteiger partial charge in [-0.1, -0.05) is 35.8 Å². The van der Waals surface area contributed by atoms with Gasteiger partial charge in [0, 0.05) is 23.2 Å². The summed E-state index contributed by atoms with van der Waals surface area (Å²) in [6.45, 7) is 2.20. The number of benzene rings is 2. The average Bonchev–Trinajstić information content (AvgIpc) is 3.25. The molecule has 1 heterocycles. The van der Waals surface area contributed by atoms with Gasteiger partial charge in [-0.2, -0.15) is 0 Å². The van der Waals surface area contributed by atoms with E-state index in [2.05, 4.69) is 10.5 Å². The van der Waals surface area contributed by atoms with Gasteiger partial charge >= 0.3 is 0 Å². The van der Waals surface area contributed by atoms with Crippen molar-refractivity contribution in [3.8, 4) is 11.3 Å². The van der Waals surface area contributed by atoms with Crippen molar-refractivity contribution in [2.75, 3.05) is 26.4 Å². The summed E-state index contributed by atoms with van der Waals surface area (Å²) in [5.74, 6) is 0.127. The Morgan fingerprint density at radius 3 is 2.38 bits per heavy atom. The highest BCUT2D eigenvalue weighted by Gasteiger charge is 2.19. The molecule has 0 saturated heterocycles. The summed E-state index contributed by atoms with van der Waals surface area (Å²) in [6.07, 6.45) is 0.553. The molecule has 7 nitrogen and oxygen atoms in total. The van der Waals surface area contributed by atoms with Crippen LogP contribution in [0, 0.1) is 0 Å². The van der Waals surface area contributed by atoms with Gasteiger partial charge in [-0.15, -0.1) is 0 Å². The summed E-state index contributed by atoms with van der Waals surface area (Å²) in [5, 5.41) is 7.40. The van der Waals surface area contributed by atoms with Crippen LogP contribution in [0.25, 0.3) is 11.3 Å². The molecule has 1 aromatic heterocycles. The van der Waals surface area contributed by atoms with Crippen LogP contribution in [0.15, 0.2) is 64.0 Å². The van der Waals surface area contributed by atoms with Crippen molar-refractivity contribution in [2.24, 2.45) is 0 Å². The number of rotatable bonds is 9. The average molecular weight is 476 g/mol. The smallest absolute Gasteiger partial charge is 0.273 e. The van der Waals surface area contributed by atoms with Crippen LogP contribution < -0.4 is 5.32 Å². The van der Waals surface area contributed by atoms with Crippen LogP contribution in [0.3, 0.4) is 0 Å². The molecule has 0 aliphatic heterocycles. The quantitative estimate of drug-likeness (QED) is 0.498. The van der Waals surface area contributed by atoms with Crippen LogP contribution in [0.2, 0.25) is 5.02 Å². The van der Waals surface area contributed by atoms with Crippen LogP contribution in [-0.4, -0.2) is 50.8 Å². The molecular formula is C23H26ClN3O4S. The molecule has 1 N–H and O–H groups in total. The standard InChI is InChI=1S/C23H26ClN3O4S/c1-4-13-32(29,30)19-11-7-17(8-12-19)22-14-20(26-31-22)23(28)25-15-21(27(2)3)16-5-9-18(24)10-6-16/h5-12,14,21H,4,13,15H2,1-3H3,(H,25,28). The van der Waals surface area contributed by atoms with Crippen LogP contribution in [0.4, 0.5) is 0 Å². The van der Waals surface area contributed by atoms with Gasteiger partial charge in [-0.3, -0.25) is 4.79 Å². The number of carbonyl (C=O) groups excluding carboxylic acids is 1. The van der Waals surface area contributed by atoms with Gasteiger partial charge in [0.2, 0.25) is 0 Å². The minimum absolute atomic E-state index is 0.0415. The Hall–Kier alpha value is -2.68. The van der Waals surface area contributed by atoms with Crippen LogP contribution in [0.1, 0.15) is 35.4 Å². The molecule has 0 radical (unpaired) electrons. The highest BCUT2D eigenvalue weighted by atomic mass is 35.5. The second-order valence-corrected chi connectivity index (χ2v) is 10.2. The molecular weight excluding hydrogens is 450 g/mol. The minimum atomic E-state index is -3.29. The normalized spacial score (nSPS) is 12.7. The first-order valence-electron chi connectivity index (χ1n) is 10.2. The van der Waals surface area contributed by atoms with E-state index < -0.39 is 9.84 Å². The molecule has 0 aliphatic rings. The number of carbonyl (C=O) groups is 1. The summed E-state index contributed by atoms with van der Waals surface area (Å²) >= 11 is 5.97. The van der Waals surface area contributed by atoms with Gasteiger partial charge in [0.25, 0.3) is 5.91 Å². The Morgan fingerprint density at radius 2 is 1.78 bits per heavy atom. The lowest BCUT2D eigenvalue weighted by molar-refractivity contribution is 0.0933. The van der Waals surface area contributed by atoms with Crippen molar-refractivity contribution in [1.82, 2.24) is 15.4 Å². The molecule has 1 atom stereocenters. The first kappa shape index (κ1) is 24.0. The van der Waals surface area contributed by atoms with E-state index in [4.69, 9.17) is 16.1 Å². The maximum Gasteiger partial charge on any atom is 0.273 e. The molecule has 1 amide bonds. The van der Waals surface area contributed by atoms with Gasteiger partial charge < -0.3 is 14.7 Å². The maximum atomic E-state index is 12.6.